The number of nitrogens with one attached hydrogen (secondary N) is 1. The minimum absolute atomic E-state index is 0.0933. The number of benzene rings is 3. The van der Waals surface area contributed by atoms with Gasteiger partial charge in [0.1, 0.15) is 11.6 Å². The standard InChI is InChI=1S/C29H34ClFN2O3/c1-21(20-36-29-9-5-6-16-35-29)33(18-22-7-3-2-4-8-22)19-28(23-10-12-24(31)13-11-23)32-27-15-14-25(34)17-26(27)30/h2-4,7-8,10-15,17,21,28-29,32,34H,5-6,9,16,18-20H2,1H3/t21-,28?,29?/m1/s1. The van der Waals surface area contributed by atoms with Crippen molar-refractivity contribution in [2.45, 2.75) is 51.1 Å². The Morgan fingerprint density at radius 3 is 2.58 bits per heavy atom. The van der Waals surface area contributed by atoms with Gasteiger partial charge in [-0.1, -0.05) is 54.1 Å². The van der Waals surface area contributed by atoms with Gasteiger partial charge in [-0.05, 0) is 61.6 Å². The van der Waals surface area contributed by atoms with E-state index in [0.717, 1.165) is 38.0 Å². The third-order valence-electron chi connectivity index (χ3n) is 6.48. The van der Waals surface area contributed by atoms with Crippen LogP contribution < -0.4 is 5.32 Å². The number of rotatable bonds is 11. The van der Waals surface area contributed by atoms with Gasteiger partial charge in [-0.25, -0.2) is 4.39 Å². The number of aromatic hydroxyl groups is 1. The number of ether oxygens (including phenoxy) is 2. The van der Waals surface area contributed by atoms with Crippen molar-refractivity contribution in [2.24, 2.45) is 0 Å². The molecule has 1 aliphatic heterocycles. The van der Waals surface area contributed by atoms with Gasteiger partial charge in [-0.2, -0.15) is 0 Å². The molecule has 192 valence electrons. The fourth-order valence-electron chi connectivity index (χ4n) is 4.39. The summed E-state index contributed by atoms with van der Waals surface area (Å²) in [5, 5.41) is 13.7. The average Bonchev–Trinajstić information content (AvgIpc) is 2.89. The zero-order valence-electron chi connectivity index (χ0n) is 20.6. The van der Waals surface area contributed by atoms with Crippen LogP contribution in [0.3, 0.4) is 0 Å². The lowest BCUT2D eigenvalue weighted by atomic mass is 10.0. The van der Waals surface area contributed by atoms with Gasteiger partial charge in [-0.15, -0.1) is 0 Å². The summed E-state index contributed by atoms with van der Waals surface area (Å²) in [6.07, 6.45) is 2.98. The molecule has 1 fully saturated rings. The van der Waals surface area contributed by atoms with Crippen LogP contribution in [0.1, 0.15) is 43.4 Å². The number of halogens is 2. The van der Waals surface area contributed by atoms with Gasteiger partial charge >= 0.3 is 0 Å². The van der Waals surface area contributed by atoms with Crippen molar-refractivity contribution in [3.63, 3.8) is 0 Å². The summed E-state index contributed by atoms with van der Waals surface area (Å²) in [6.45, 7) is 4.78. The largest absolute Gasteiger partial charge is 0.508 e. The maximum atomic E-state index is 13.7. The lowest BCUT2D eigenvalue weighted by Crippen LogP contribution is -2.41. The van der Waals surface area contributed by atoms with Crippen LogP contribution in [-0.2, 0) is 16.0 Å². The molecule has 36 heavy (non-hydrogen) atoms. The SMILES string of the molecule is C[C@H](COC1CCCCO1)N(Cc1ccccc1)CC(Nc1ccc(O)cc1Cl)c1ccc(F)cc1. The predicted octanol–water partition coefficient (Wildman–Crippen LogP) is 6.77. The van der Waals surface area contributed by atoms with Crippen LogP contribution in [0.2, 0.25) is 5.02 Å². The molecule has 0 spiro atoms. The van der Waals surface area contributed by atoms with Crippen LogP contribution in [0, 0.1) is 5.82 Å². The van der Waals surface area contributed by atoms with E-state index in [4.69, 9.17) is 21.1 Å². The van der Waals surface area contributed by atoms with E-state index in [-0.39, 0.29) is 29.9 Å². The number of anilines is 1. The van der Waals surface area contributed by atoms with Gasteiger partial charge in [0.25, 0.3) is 0 Å². The molecule has 0 radical (unpaired) electrons. The lowest BCUT2D eigenvalue weighted by molar-refractivity contribution is -0.170. The van der Waals surface area contributed by atoms with E-state index in [1.165, 1.54) is 23.8 Å². The Morgan fingerprint density at radius 1 is 1.11 bits per heavy atom. The van der Waals surface area contributed by atoms with E-state index in [9.17, 15) is 9.50 Å². The minimum Gasteiger partial charge on any atom is -0.508 e. The van der Waals surface area contributed by atoms with Crippen LogP contribution >= 0.6 is 11.6 Å². The molecule has 0 aliphatic carbocycles. The van der Waals surface area contributed by atoms with Crippen molar-refractivity contribution in [3.05, 3.63) is 94.8 Å². The topological polar surface area (TPSA) is 54.0 Å². The van der Waals surface area contributed by atoms with Gasteiger partial charge in [0, 0.05) is 31.8 Å². The fourth-order valence-corrected chi connectivity index (χ4v) is 4.61. The molecule has 3 atom stereocenters. The summed E-state index contributed by atoms with van der Waals surface area (Å²) >= 11 is 6.42. The van der Waals surface area contributed by atoms with E-state index in [1.807, 2.05) is 18.2 Å². The number of phenols is 1. The summed E-state index contributed by atoms with van der Waals surface area (Å²) in [7, 11) is 0. The lowest BCUT2D eigenvalue weighted by Gasteiger charge is -2.34. The second kappa shape index (κ2) is 13.1. The number of hydrogen-bond acceptors (Lipinski definition) is 5. The molecular formula is C29H34ClFN2O3. The third kappa shape index (κ3) is 7.68. The molecule has 2 N–H and O–H groups in total. The first-order chi connectivity index (χ1) is 17.5. The van der Waals surface area contributed by atoms with Crippen LogP contribution in [0.4, 0.5) is 10.1 Å². The first-order valence-electron chi connectivity index (χ1n) is 12.5. The van der Waals surface area contributed by atoms with Gasteiger partial charge in [0.15, 0.2) is 6.29 Å². The van der Waals surface area contributed by atoms with Crippen molar-refractivity contribution in [3.8, 4) is 5.75 Å². The average molecular weight is 513 g/mol. The van der Waals surface area contributed by atoms with Gasteiger partial charge in [0.2, 0.25) is 0 Å². The normalized spacial score (nSPS) is 17.6. The minimum atomic E-state index is -0.282. The summed E-state index contributed by atoms with van der Waals surface area (Å²) in [6, 6.07) is 21.6. The zero-order valence-corrected chi connectivity index (χ0v) is 21.3. The monoisotopic (exact) mass is 512 g/mol. The Morgan fingerprint density at radius 2 is 1.89 bits per heavy atom. The Hall–Kier alpha value is -2.64. The smallest absolute Gasteiger partial charge is 0.157 e. The molecule has 5 nitrogen and oxygen atoms in total. The van der Waals surface area contributed by atoms with E-state index >= 15 is 0 Å². The van der Waals surface area contributed by atoms with Crippen LogP contribution in [0.25, 0.3) is 0 Å². The number of hydrogen-bond donors (Lipinski definition) is 2. The molecule has 2 unspecified atom stereocenters. The molecule has 0 aromatic heterocycles. The number of phenolic OH excluding ortho intramolecular Hbond substituents is 1. The van der Waals surface area contributed by atoms with Crippen molar-refractivity contribution in [1.29, 1.82) is 0 Å². The van der Waals surface area contributed by atoms with Crippen LogP contribution in [0.5, 0.6) is 5.75 Å². The Bertz CT molecular complexity index is 1080. The van der Waals surface area contributed by atoms with Crippen molar-refractivity contribution >= 4 is 17.3 Å². The van der Waals surface area contributed by atoms with Crippen molar-refractivity contribution in [1.82, 2.24) is 4.90 Å². The van der Waals surface area contributed by atoms with Crippen molar-refractivity contribution in [2.75, 3.05) is 25.1 Å². The maximum Gasteiger partial charge on any atom is 0.157 e. The molecule has 4 rings (SSSR count). The highest BCUT2D eigenvalue weighted by atomic mass is 35.5. The quantitative estimate of drug-likeness (QED) is 0.278. The molecule has 1 aliphatic rings. The molecule has 1 saturated heterocycles. The molecule has 0 saturated carbocycles. The molecule has 0 amide bonds. The van der Waals surface area contributed by atoms with Crippen LogP contribution in [-0.4, -0.2) is 42.1 Å². The molecule has 1 heterocycles. The first kappa shape index (κ1) is 26.4. The number of nitrogens with zero attached hydrogens (tertiary/aromatic N) is 1. The Balaban J connectivity index is 1.56. The van der Waals surface area contributed by atoms with E-state index < -0.39 is 0 Å². The second-order valence-electron chi connectivity index (χ2n) is 9.31. The first-order valence-corrected chi connectivity index (χ1v) is 12.9. The third-order valence-corrected chi connectivity index (χ3v) is 6.80. The van der Waals surface area contributed by atoms with E-state index in [1.54, 1.807) is 24.3 Å². The fraction of sp³-hybridized carbons (Fsp3) is 0.379. The van der Waals surface area contributed by atoms with Crippen LogP contribution in [0.15, 0.2) is 72.8 Å². The highest BCUT2D eigenvalue weighted by molar-refractivity contribution is 6.33. The highest BCUT2D eigenvalue weighted by Crippen LogP contribution is 2.30. The predicted molar refractivity (Wildman–Crippen MR) is 142 cm³/mol. The zero-order chi connectivity index (χ0) is 25.3. The van der Waals surface area contributed by atoms with Gasteiger partial charge in [-0.3, -0.25) is 4.90 Å². The summed E-state index contributed by atoms with van der Waals surface area (Å²) in [5.74, 6) is -0.180. The van der Waals surface area contributed by atoms with E-state index in [2.05, 4.69) is 29.3 Å². The molecular weight excluding hydrogens is 479 g/mol. The molecule has 7 heteroatoms. The Kier molecular flexibility index (Phi) is 9.59. The summed E-state index contributed by atoms with van der Waals surface area (Å²) < 4.78 is 25.6. The highest BCUT2D eigenvalue weighted by Gasteiger charge is 2.24. The molecule has 3 aromatic carbocycles. The van der Waals surface area contributed by atoms with Gasteiger partial charge in [0.05, 0.1) is 23.4 Å². The molecule has 3 aromatic rings. The van der Waals surface area contributed by atoms with E-state index in [0.29, 0.717) is 23.9 Å². The maximum absolute atomic E-state index is 13.7. The summed E-state index contributed by atoms with van der Waals surface area (Å²) in [5.41, 5.74) is 2.82. The van der Waals surface area contributed by atoms with Gasteiger partial charge < -0.3 is 19.9 Å². The Labute approximate surface area is 217 Å². The molecule has 0 bridgehead atoms. The van der Waals surface area contributed by atoms with Crippen molar-refractivity contribution < 1.29 is 19.0 Å². The summed E-state index contributed by atoms with van der Waals surface area (Å²) in [4.78, 5) is 2.35. The second-order valence-corrected chi connectivity index (χ2v) is 9.71.